The van der Waals surface area contributed by atoms with E-state index in [0.29, 0.717) is 6.54 Å². The minimum Gasteiger partial charge on any atom is -0.352 e. The Hall–Kier alpha value is -1.40. The van der Waals surface area contributed by atoms with Crippen LogP contribution in [-0.4, -0.2) is 37.5 Å². The van der Waals surface area contributed by atoms with Crippen LogP contribution in [0.4, 0.5) is 5.69 Å². The molecule has 2 aliphatic heterocycles. The summed E-state index contributed by atoms with van der Waals surface area (Å²) in [6.07, 6.45) is 2.37. The number of rotatable bonds is 3. The molecule has 2 N–H and O–H groups in total. The van der Waals surface area contributed by atoms with E-state index in [1.54, 1.807) is 4.90 Å². The van der Waals surface area contributed by atoms with E-state index in [4.69, 9.17) is 0 Å². The number of benzene rings is 1. The molecule has 2 amide bonds. The molecule has 22 heavy (non-hydrogen) atoms. The van der Waals surface area contributed by atoms with E-state index in [9.17, 15) is 9.59 Å². The highest BCUT2D eigenvalue weighted by Gasteiger charge is 2.36. The number of para-hydroxylation sites is 1. The second-order valence-electron chi connectivity index (χ2n) is 5.91. The number of halogens is 1. The van der Waals surface area contributed by atoms with Crippen LogP contribution in [0.25, 0.3) is 0 Å². The third-order valence-corrected chi connectivity index (χ3v) is 4.95. The fourth-order valence-corrected chi connectivity index (χ4v) is 3.58. The zero-order valence-electron chi connectivity index (χ0n) is 12.3. The highest BCUT2D eigenvalue weighted by molar-refractivity contribution is 9.10. The lowest BCUT2D eigenvalue weighted by Crippen LogP contribution is -2.47. The topological polar surface area (TPSA) is 61.4 Å². The summed E-state index contributed by atoms with van der Waals surface area (Å²) in [5.74, 6) is -0.257. The summed E-state index contributed by atoms with van der Waals surface area (Å²) in [4.78, 5) is 26.3. The molecule has 2 unspecified atom stereocenters. The van der Waals surface area contributed by atoms with Gasteiger partial charge in [0.25, 0.3) is 0 Å². The number of carbonyl (C=O) groups is 2. The summed E-state index contributed by atoms with van der Waals surface area (Å²) >= 11 is 3.47. The Morgan fingerprint density at radius 3 is 2.91 bits per heavy atom. The molecule has 0 radical (unpaired) electrons. The first-order chi connectivity index (χ1) is 10.6. The van der Waals surface area contributed by atoms with Crippen LogP contribution in [-0.2, 0) is 9.59 Å². The van der Waals surface area contributed by atoms with Crippen LogP contribution in [0.15, 0.2) is 28.7 Å². The standard InChI is InChI=1S/C16H20BrN3O2/c17-13-5-1-2-6-14(13)20-10-11(8-15(20)21)16(22)19-12-4-3-7-18-9-12/h1-2,5-6,11-12,18H,3-4,7-10H2,(H,19,22). The molecule has 1 aromatic carbocycles. The molecule has 2 atom stereocenters. The second-order valence-corrected chi connectivity index (χ2v) is 6.76. The molecular weight excluding hydrogens is 346 g/mol. The van der Waals surface area contributed by atoms with Crippen LogP contribution >= 0.6 is 15.9 Å². The molecular formula is C16H20BrN3O2. The zero-order valence-corrected chi connectivity index (χ0v) is 13.9. The third kappa shape index (κ3) is 3.33. The fraction of sp³-hybridized carbons (Fsp3) is 0.500. The van der Waals surface area contributed by atoms with Gasteiger partial charge in [0.05, 0.1) is 11.6 Å². The Kier molecular flexibility index (Phi) is 4.78. The Balaban J connectivity index is 1.64. The van der Waals surface area contributed by atoms with Gasteiger partial charge in [-0.15, -0.1) is 0 Å². The monoisotopic (exact) mass is 365 g/mol. The molecule has 6 heteroatoms. The maximum atomic E-state index is 12.4. The number of nitrogens with zero attached hydrogens (tertiary/aromatic N) is 1. The van der Waals surface area contributed by atoms with E-state index in [2.05, 4.69) is 26.6 Å². The van der Waals surface area contributed by atoms with Gasteiger partial charge in [-0.1, -0.05) is 12.1 Å². The lowest BCUT2D eigenvalue weighted by Gasteiger charge is -2.25. The molecule has 2 aliphatic rings. The van der Waals surface area contributed by atoms with Crippen molar-refractivity contribution in [1.29, 1.82) is 0 Å². The van der Waals surface area contributed by atoms with Crippen LogP contribution in [0.1, 0.15) is 19.3 Å². The Morgan fingerprint density at radius 1 is 1.36 bits per heavy atom. The molecule has 0 saturated carbocycles. The molecule has 0 bridgehead atoms. The van der Waals surface area contributed by atoms with E-state index in [0.717, 1.165) is 36.1 Å². The van der Waals surface area contributed by atoms with E-state index < -0.39 is 0 Å². The van der Waals surface area contributed by atoms with Crippen LogP contribution < -0.4 is 15.5 Å². The smallest absolute Gasteiger partial charge is 0.227 e. The summed E-state index contributed by atoms with van der Waals surface area (Å²) in [6.45, 7) is 2.29. The predicted molar refractivity (Wildman–Crippen MR) is 88.6 cm³/mol. The van der Waals surface area contributed by atoms with Crippen molar-refractivity contribution in [3.05, 3.63) is 28.7 Å². The van der Waals surface area contributed by atoms with Crippen LogP contribution in [0.2, 0.25) is 0 Å². The van der Waals surface area contributed by atoms with Gasteiger partial charge in [0.2, 0.25) is 11.8 Å². The van der Waals surface area contributed by atoms with E-state index in [-0.39, 0.29) is 30.2 Å². The third-order valence-electron chi connectivity index (χ3n) is 4.28. The van der Waals surface area contributed by atoms with Crippen molar-refractivity contribution in [2.45, 2.75) is 25.3 Å². The summed E-state index contributed by atoms with van der Waals surface area (Å²) in [6, 6.07) is 7.80. The molecule has 0 spiro atoms. The molecule has 2 heterocycles. The molecule has 118 valence electrons. The average Bonchev–Trinajstić information content (AvgIpc) is 2.91. The largest absolute Gasteiger partial charge is 0.352 e. The number of hydrogen-bond acceptors (Lipinski definition) is 3. The molecule has 2 saturated heterocycles. The summed E-state index contributed by atoms with van der Waals surface area (Å²) in [7, 11) is 0. The number of piperidine rings is 1. The molecule has 0 aromatic heterocycles. The van der Waals surface area contributed by atoms with Gasteiger partial charge in [0.1, 0.15) is 0 Å². The normalized spacial score (nSPS) is 25.3. The maximum Gasteiger partial charge on any atom is 0.227 e. The van der Waals surface area contributed by atoms with E-state index >= 15 is 0 Å². The summed E-state index contributed by atoms with van der Waals surface area (Å²) in [5, 5.41) is 6.36. The average molecular weight is 366 g/mol. The molecule has 0 aliphatic carbocycles. The van der Waals surface area contributed by atoms with Gasteiger partial charge < -0.3 is 15.5 Å². The highest BCUT2D eigenvalue weighted by Crippen LogP contribution is 2.31. The van der Waals surface area contributed by atoms with Crippen LogP contribution in [0, 0.1) is 5.92 Å². The number of carbonyl (C=O) groups excluding carboxylic acids is 2. The predicted octanol–water partition coefficient (Wildman–Crippen LogP) is 1.67. The quantitative estimate of drug-likeness (QED) is 0.856. The van der Waals surface area contributed by atoms with E-state index in [1.807, 2.05) is 24.3 Å². The molecule has 1 aromatic rings. The van der Waals surface area contributed by atoms with Crippen molar-refractivity contribution in [3.8, 4) is 0 Å². The Bertz CT molecular complexity index is 572. The van der Waals surface area contributed by atoms with Crippen LogP contribution in [0.5, 0.6) is 0 Å². The van der Waals surface area contributed by atoms with Crippen molar-refractivity contribution < 1.29 is 9.59 Å². The van der Waals surface area contributed by atoms with Gasteiger partial charge >= 0.3 is 0 Å². The lowest BCUT2D eigenvalue weighted by molar-refractivity contribution is -0.127. The number of anilines is 1. The summed E-state index contributed by atoms with van der Waals surface area (Å²) in [5.41, 5.74) is 0.835. The van der Waals surface area contributed by atoms with Crippen molar-refractivity contribution in [1.82, 2.24) is 10.6 Å². The first-order valence-corrected chi connectivity index (χ1v) is 8.50. The lowest BCUT2D eigenvalue weighted by atomic mass is 10.0. The van der Waals surface area contributed by atoms with Gasteiger partial charge in [0.15, 0.2) is 0 Å². The highest BCUT2D eigenvalue weighted by atomic mass is 79.9. The van der Waals surface area contributed by atoms with Crippen LogP contribution in [0.3, 0.4) is 0 Å². The van der Waals surface area contributed by atoms with E-state index in [1.165, 1.54) is 0 Å². The maximum absolute atomic E-state index is 12.4. The first kappa shape index (κ1) is 15.5. The number of nitrogens with one attached hydrogen (secondary N) is 2. The first-order valence-electron chi connectivity index (χ1n) is 7.71. The minimum atomic E-state index is -0.262. The zero-order chi connectivity index (χ0) is 15.5. The van der Waals surface area contributed by atoms with Gasteiger partial charge in [-0.2, -0.15) is 0 Å². The van der Waals surface area contributed by atoms with Crippen molar-refractivity contribution >= 4 is 33.4 Å². The summed E-state index contributed by atoms with van der Waals surface area (Å²) < 4.78 is 0.876. The van der Waals surface area contributed by atoms with Crippen molar-refractivity contribution in [2.24, 2.45) is 5.92 Å². The fourth-order valence-electron chi connectivity index (χ4n) is 3.08. The van der Waals surface area contributed by atoms with Gasteiger partial charge in [-0.25, -0.2) is 0 Å². The molecule has 5 nitrogen and oxygen atoms in total. The Labute approximate surface area is 138 Å². The Morgan fingerprint density at radius 2 is 2.18 bits per heavy atom. The number of amides is 2. The van der Waals surface area contributed by atoms with Crippen molar-refractivity contribution in [2.75, 3.05) is 24.5 Å². The SMILES string of the molecule is O=C(NC1CCCNC1)C1CC(=O)N(c2ccccc2Br)C1. The molecule has 2 fully saturated rings. The van der Waals surface area contributed by atoms with Gasteiger partial charge in [0, 0.05) is 30.0 Å². The van der Waals surface area contributed by atoms with Gasteiger partial charge in [-0.05, 0) is 47.4 Å². The van der Waals surface area contributed by atoms with Gasteiger partial charge in [-0.3, -0.25) is 9.59 Å². The minimum absolute atomic E-state index is 0.00314. The second kappa shape index (κ2) is 6.79. The van der Waals surface area contributed by atoms with Crippen molar-refractivity contribution in [3.63, 3.8) is 0 Å². The molecule has 3 rings (SSSR count). The number of hydrogen-bond donors (Lipinski definition) is 2.